The van der Waals surface area contributed by atoms with E-state index in [4.69, 9.17) is 37.0 Å². The van der Waals surface area contributed by atoms with E-state index in [2.05, 4.69) is 34.6 Å². The molecule has 0 saturated heterocycles. The van der Waals surface area contributed by atoms with Gasteiger partial charge in [0.15, 0.2) is 12.2 Å². The fraction of sp³-hybridized carbons (Fsp3) is 0.948. The summed E-state index contributed by atoms with van der Waals surface area (Å²) in [6.07, 6.45) is 59.7. The van der Waals surface area contributed by atoms with Crippen LogP contribution in [0, 0.1) is 5.92 Å². The second kappa shape index (κ2) is 70.1. The lowest BCUT2D eigenvalue weighted by molar-refractivity contribution is -0.161. The Hall–Kier alpha value is -1.94. The summed E-state index contributed by atoms with van der Waals surface area (Å²) in [5, 5.41) is 10.6. The molecule has 0 bridgehead atoms. The van der Waals surface area contributed by atoms with E-state index in [0.717, 1.165) is 95.8 Å². The van der Waals surface area contributed by atoms with Gasteiger partial charge in [0.1, 0.15) is 19.3 Å². The van der Waals surface area contributed by atoms with E-state index in [0.29, 0.717) is 25.7 Å². The van der Waals surface area contributed by atoms with Gasteiger partial charge in [-0.3, -0.25) is 37.3 Å². The van der Waals surface area contributed by atoms with Gasteiger partial charge in [-0.25, -0.2) is 9.13 Å². The van der Waals surface area contributed by atoms with Crippen LogP contribution in [0.3, 0.4) is 0 Å². The van der Waals surface area contributed by atoms with E-state index in [9.17, 15) is 43.2 Å². The van der Waals surface area contributed by atoms with Crippen molar-refractivity contribution in [3.05, 3.63) is 0 Å². The quantitative estimate of drug-likeness (QED) is 0.0222. The summed E-state index contributed by atoms with van der Waals surface area (Å²) >= 11 is 0. The molecule has 0 amide bonds. The maximum atomic E-state index is 13.1. The molecule has 0 radical (unpaired) electrons. The molecule has 17 nitrogen and oxygen atoms in total. The van der Waals surface area contributed by atoms with E-state index in [1.807, 2.05) is 0 Å². The fourth-order valence-electron chi connectivity index (χ4n) is 11.9. The van der Waals surface area contributed by atoms with Crippen molar-refractivity contribution in [3.63, 3.8) is 0 Å². The number of aliphatic hydroxyl groups is 1. The van der Waals surface area contributed by atoms with E-state index in [1.54, 1.807) is 0 Å². The van der Waals surface area contributed by atoms with Crippen molar-refractivity contribution in [2.24, 2.45) is 5.92 Å². The molecule has 0 aromatic carbocycles. The molecule has 0 aliphatic carbocycles. The highest BCUT2D eigenvalue weighted by molar-refractivity contribution is 7.47. The van der Waals surface area contributed by atoms with Crippen LogP contribution >= 0.6 is 15.6 Å². The standard InChI is InChI=1S/C77H150O17P2/c1-6-9-12-15-18-21-24-26-27-28-29-30-31-32-33-34-36-43-48-53-58-63-77(82)94-73(67-88-75(80)61-56-51-46-41-38-37-39-44-49-54-59-70(4)5)69-92-96(85,86)90-65-71(78)64-89-95(83,84)91-68-72(66-87-74(79)60-55-50-45-40-23-20-17-14-11-8-3)93-76(81)62-57-52-47-42-35-25-22-19-16-13-10-7-2/h70-73,78H,6-69H2,1-5H3,(H,83,84)(H,85,86)/t71-,72+,73+/m0/s1. The highest BCUT2D eigenvalue weighted by Gasteiger charge is 2.30. The molecule has 19 heteroatoms. The Morgan fingerprint density at radius 2 is 0.479 bits per heavy atom. The second-order valence-electron chi connectivity index (χ2n) is 28.2. The normalized spacial score (nSPS) is 13.9. The van der Waals surface area contributed by atoms with Gasteiger partial charge in [-0.05, 0) is 31.6 Å². The first-order valence-corrected chi connectivity index (χ1v) is 43.1. The fourth-order valence-corrected chi connectivity index (χ4v) is 13.5. The summed E-state index contributed by atoms with van der Waals surface area (Å²) in [6.45, 7) is 7.28. The summed E-state index contributed by atoms with van der Waals surface area (Å²) in [4.78, 5) is 72.8. The predicted molar refractivity (Wildman–Crippen MR) is 391 cm³/mol. The van der Waals surface area contributed by atoms with Crippen molar-refractivity contribution < 1.29 is 80.2 Å². The number of ether oxygens (including phenoxy) is 4. The molecule has 0 spiro atoms. The third-order valence-electron chi connectivity index (χ3n) is 18.0. The molecule has 0 aliphatic heterocycles. The lowest BCUT2D eigenvalue weighted by Gasteiger charge is -2.21. The Bertz CT molecular complexity index is 1840. The summed E-state index contributed by atoms with van der Waals surface area (Å²) in [5.74, 6) is -1.35. The lowest BCUT2D eigenvalue weighted by Crippen LogP contribution is -2.30. The number of esters is 4. The van der Waals surface area contributed by atoms with E-state index in [1.165, 1.54) is 231 Å². The number of aliphatic hydroxyl groups excluding tert-OH is 1. The molecule has 3 N–H and O–H groups in total. The topological polar surface area (TPSA) is 237 Å². The second-order valence-corrected chi connectivity index (χ2v) is 31.1. The number of rotatable bonds is 77. The molecule has 2 unspecified atom stereocenters. The highest BCUT2D eigenvalue weighted by Crippen LogP contribution is 2.45. The van der Waals surface area contributed by atoms with Gasteiger partial charge in [-0.2, -0.15) is 0 Å². The number of carbonyl (C=O) groups excluding carboxylic acids is 4. The van der Waals surface area contributed by atoms with Crippen LogP contribution in [0.5, 0.6) is 0 Å². The van der Waals surface area contributed by atoms with Gasteiger partial charge in [0.05, 0.1) is 26.4 Å². The Balaban J connectivity index is 5.19. The molecule has 570 valence electrons. The van der Waals surface area contributed by atoms with E-state index >= 15 is 0 Å². The van der Waals surface area contributed by atoms with Crippen LogP contribution in [0.25, 0.3) is 0 Å². The number of phosphoric ester groups is 2. The maximum absolute atomic E-state index is 13.1. The van der Waals surface area contributed by atoms with Crippen molar-refractivity contribution in [1.82, 2.24) is 0 Å². The SMILES string of the molecule is CCCCCCCCCCCCCCCCCCCCCCCC(=O)O[C@H](COC(=O)CCCCCCCCCCCCC(C)C)COP(=O)(O)OC[C@@H](O)COP(=O)(O)OC[C@@H](COC(=O)CCCCCCCCCCCC)OC(=O)CCCCCCCCCCCCCC. The van der Waals surface area contributed by atoms with E-state index < -0.39 is 97.5 Å². The molecule has 5 atom stereocenters. The van der Waals surface area contributed by atoms with Crippen LogP contribution in [0.2, 0.25) is 0 Å². The monoisotopic (exact) mass is 1410 g/mol. The molecule has 0 aliphatic rings. The van der Waals surface area contributed by atoms with Gasteiger partial charge >= 0.3 is 39.5 Å². The summed E-state index contributed by atoms with van der Waals surface area (Å²) in [7, 11) is -9.91. The molecule has 96 heavy (non-hydrogen) atoms. The summed E-state index contributed by atoms with van der Waals surface area (Å²) in [5.41, 5.74) is 0. The maximum Gasteiger partial charge on any atom is 0.472 e. The first kappa shape index (κ1) is 94.1. The van der Waals surface area contributed by atoms with Crippen molar-refractivity contribution in [3.8, 4) is 0 Å². The Labute approximate surface area is 588 Å². The number of hydrogen-bond acceptors (Lipinski definition) is 15. The molecular weight excluding hydrogens is 1260 g/mol. The van der Waals surface area contributed by atoms with Crippen LogP contribution in [0.1, 0.15) is 407 Å². The van der Waals surface area contributed by atoms with Crippen LogP contribution in [0.4, 0.5) is 0 Å². The molecule has 0 aromatic heterocycles. The van der Waals surface area contributed by atoms with Crippen LogP contribution in [0.15, 0.2) is 0 Å². The minimum absolute atomic E-state index is 0.108. The van der Waals surface area contributed by atoms with Crippen LogP contribution < -0.4 is 0 Å². The summed E-state index contributed by atoms with van der Waals surface area (Å²) in [6, 6.07) is 0. The van der Waals surface area contributed by atoms with Gasteiger partial charge in [0.2, 0.25) is 0 Å². The van der Waals surface area contributed by atoms with E-state index in [-0.39, 0.29) is 25.7 Å². The first-order valence-electron chi connectivity index (χ1n) is 40.1. The molecule has 0 saturated carbocycles. The lowest BCUT2D eigenvalue weighted by atomic mass is 10.0. The average Bonchev–Trinajstić information content (AvgIpc) is 1.43. The number of carbonyl (C=O) groups is 4. The smallest absolute Gasteiger partial charge is 0.462 e. The van der Waals surface area contributed by atoms with Crippen LogP contribution in [-0.4, -0.2) is 96.7 Å². The van der Waals surface area contributed by atoms with Gasteiger partial charge in [-0.1, -0.05) is 356 Å². The van der Waals surface area contributed by atoms with Crippen molar-refractivity contribution >= 4 is 39.5 Å². The van der Waals surface area contributed by atoms with Crippen molar-refractivity contribution in [1.29, 1.82) is 0 Å². The van der Waals surface area contributed by atoms with Crippen LogP contribution in [-0.2, 0) is 65.4 Å². The molecular formula is C77H150O17P2. The third kappa shape index (κ3) is 70.5. The molecule has 0 heterocycles. The predicted octanol–water partition coefficient (Wildman–Crippen LogP) is 22.9. The van der Waals surface area contributed by atoms with Crippen molar-refractivity contribution in [2.45, 2.75) is 425 Å². The largest absolute Gasteiger partial charge is 0.472 e. The first-order chi connectivity index (χ1) is 46.5. The Morgan fingerprint density at radius 1 is 0.281 bits per heavy atom. The zero-order valence-corrected chi connectivity index (χ0v) is 64.3. The zero-order chi connectivity index (χ0) is 70.5. The third-order valence-corrected chi connectivity index (χ3v) is 19.9. The minimum Gasteiger partial charge on any atom is -0.462 e. The molecule has 0 rings (SSSR count). The van der Waals surface area contributed by atoms with Gasteiger partial charge < -0.3 is 33.8 Å². The van der Waals surface area contributed by atoms with Gasteiger partial charge in [-0.15, -0.1) is 0 Å². The van der Waals surface area contributed by atoms with Gasteiger partial charge in [0.25, 0.3) is 0 Å². The molecule has 0 aromatic rings. The Morgan fingerprint density at radius 3 is 0.708 bits per heavy atom. The highest BCUT2D eigenvalue weighted by atomic mass is 31.2. The minimum atomic E-state index is -4.96. The molecule has 0 fully saturated rings. The zero-order valence-electron chi connectivity index (χ0n) is 62.5. The number of hydrogen-bond donors (Lipinski definition) is 3. The number of phosphoric acid groups is 2. The average molecular weight is 1410 g/mol. The van der Waals surface area contributed by atoms with Crippen molar-refractivity contribution in [2.75, 3.05) is 39.6 Å². The number of unbranched alkanes of at least 4 members (excludes halogenated alkanes) is 49. The summed E-state index contributed by atoms with van der Waals surface area (Å²) < 4.78 is 68.5. The Kier molecular flexibility index (Phi) is 68.7. The van der Waals surface area contributed by atoms with Gasteiger partial charge in [0, 0.05) is 25.7 Å².